The molecule has 0 aliphatic carbocycles. The van der Waals surface area contributed by atoms with Gasteiger partial charge in [-0.3, -0.25) is 9.78 Å². The topological polar surface area (TPSA) is 77.2 Å². The lowest BCUT2D eigenvalue weighted by Gasteiger charge is -2.07. The molecule has 5 nitrogen and oxygen atoms in total. The highest BCUT2D eigenvalue weighted by Gasteiger charge is 2.03. The Kier molecular flexibility index (Phi) is 4.94. The first kappa shape index (κ1) is 13.9. The lowest BCUT2D eigenvalue weighted by atomic mass is 10.2. The van der Waals surface area contributed by atoms with Crippen LogP contribution in [0.15, 0.2) is 48.7 Å². The van der Waals surface area contributed by atoms with Gasteiger partial charge in [-0.1, -0.05) is 18.2 Å². The second-order valence-electron chi connectivity index (χ2n) is 4.27. The molecule has 20 heavy (non-hydrogen) atoms. The summed E-state index contributed by atoms with van der Waals surface area (Å²) < 4.78 is 5.48. The molecular formula is C15H17N3O2. The molecule has 0 saturated carbocycles. The number of nitrogens with zero attached hydrogens (tertiary/aromatic N) is 1. The summed E-state index contributed by atoms with van der Waals surface area (Å²) in [6, 6.07) is 13.0. The molecule has 0 spiro atoms. The lowest BCUT2D eigenvalue weighted by molar-refractivity contribution is -0.120. The Morgan fingerprint density at radius 1 is 1.20 bits per heavy atom. The van der Waals surface area contributed by atoms with Crippen molar-refractivity contribution in [3.8, 4) is 5.75 Å². The van der Waals surface area contributed by atoms with Gasteiger partial charge in [0.15, 0.2) is 0 Å². The third kappa shape index (κ3) is 4.61. The Labute approximate surface area is 117 Å². The van der Waals surface area contributed by atoms with E-state index >= 15 is 0 Å². The van der Waals surface area contributed by atoms with Gasteiger partial charge >= 0.3 is 0 Å². The number of aromatic nitrogens is 1. The van der Waals surface area contributed by atoms with Crippen LogP contribution in [0.1, 0.15) is 5.69 Å². The molecule has 2 rings (SSSR count). The number of nitrogens with one attached hydrogen (secondary N) is 1. The Balaban J connectivity index is 1.66. The quantitative estimate of drug-likeness (QED) is 0.779. The zero-order valence-corrected chi connectivity index (χ0v) is 11.1. The van der Waals surface area contributed by atoms with Gasteiger partial charge in [-0.15, -0.1) is 0 Å². The van der Waals surface area contributed by atoms with E-state index in [9.17, 15) is 4.79 Å². The van der Waals surface area contributed by atoms with Crippen molar-refractivity contribution in [1.29, 1.82) is 0 Å². The van der Waals surface area contributed by atoms with E-state index in [1.54, 1.807) is 18.3 Å². The Hall–Kier alpha value is -2.56. The van der Waals surface area contributed by atoms with Crippen LogP contribution in [0.3, 0.4) is 0 Å². The van der Waals surface area contributed by atoms with Crippen molar-refractivity contribution in [3.63, 3.8) is 0 Å². The van der Waals surface area contributed by atoms with Crippen LogP contribution in [0.2, 0.25) is 0 Å². The molecular weight excluding hydrogens is 254 g/mol. The highest BCUT2D eigenvalue weighted by atomic mass is 16.5. The van der Waals surface area contributed by atoms with Crippen LogP contribution < -0.4 is 15.8 Å². The molecule has 1 aromatic carbocycles. The van der Waals surface area contributed by atoms with Gasteiger partial charge < -0.3 is 15.8 Å². The first-order valence-electron chi connectivity index (χ1n) is 6.39. The number of amides is 1. The van der Waals surface area contributed by atoms with Gasteiger partial charge in [0.2, 0.25) is 5.91 Å². The zero-order valence-electron chi connectivity index (χ0n) is 11.1. The minimum Gasteiger partial charge on any atom is -0.492 e. The number of hydrogen-bond donors (Lipinski definition) is 2. The molecule has 0 atom stereocenters. The van der Waals surface area contributed by atoms with E-state index in [0.29, 0.717) is 24.5 Å². The SMILES string of the molecule is Nc1ccc(CC(=O)NCCOc2ccccc2)nc1. The maximum atomic E-state index is 11.7. The first-order valence-corrected chi connectivity index (χ1v) is 6.39. The molecule has 3 N–H and O–H groups in total. The summed E-state index contributed by atoms with van der Waals surface area (Å²) in [5.74, 6) is 0.709. The number of rotatable bonds is 6. The standard InChI is InChI=1S/C15H17N3O2/c16-12-6-7-13(18-11-12)10-15(19)17-8-9-20-14-4-2-1-3-5-14/h1-7,11H,8-10,16H2,(H,17,19). The Morgan fingerprint density at radius 2 is 2.00 bits per heavy atom. The molecule has 104 valence electrons. The maximum Gasteiger partial charge on any atom is 0.226 e. The molecule has 0 bridgehead atoms. The van der Waals surface area contributed by atoms with Crippen molar-refractivity contribution in [1.82, 2.24) is 10.3 Å². The molecule has 0 fully saturated rings. The predicted octanol–water partition coefficient (Wildman–Crippen LogP) is 1.40. The van der Waals surface area contributed by atoms with Crippen molar-refractivity contribution < 1.29 is 9.53 Å². The molecule has 1 heterocycles. The first-order chi connectivity index (χ1) is 9.74. The number of ether oxygens (including phenoxy) is 1. The molecule has 5 heteroatoms. The fraction of sp³-hybridized carbons (Fsp3) is 0.200. The number of benzene rings is 1. The summed E-state index contributed by atoms with van der Waals surface area (Å²) in [7, 11) is 0. The number of hydrogen-bond acceptors (Lipinski definition) is 4. The molecule has 0 aliphatic rings. The normalized spacial score (nSPS) is 10.0. The molecule has 1 aromatic heterocycles. The van der Waals surface area contributed by atoms with Crippen LogP contribution in [0.4, 0.5) is 5.69 Å². The van der Waals surface area contributed by atoms with Gasteiger partial charge in [0.1, 0.15) is 12.4 Å². The monoisotopic (exact) mass is 271 g/mol. The Morgan fingerprint density at radius 3 is 2.70 bits per heavy atom. The molecule has 0 unspecified atom stereocenters. The van der Waals surface area contributed by atoms with E-state index in [0.717, 1.165) is 5.75 Å². The number of carbonyl (C=O) groups excluding carboxylic acids is 1. The van der Waals surface area contributed by atoms with E-state index in [-0.39, 0.29) is 12.3 Å². The number of nitrogens with two attached hydrogens (primary N) is 1. The highest BCUT2D eigenvalue weighted by Crippen LogP contribution is 2.07. The van der Waals surface area contributed by atoms with Gasteiger partial charge in [-0.25, -0.2) is 0 Å². The van der Waals surface area contributed by atoms with E-state index in [4.69, 9.17) is 10.5 Å². The van der Waals surface area contributed by atoms with Gasteiger partial charge in [0.05, 0.1) is 24.8 Å². The molecule has 1 amide bonds. The van der Waals surface area contributed by atoms with Crippen LogP contribution in [-0.2, 0) is 11.2 Å². The predicted molar refractivity (Wildman–Crippen MR) is 77.3 cm³/mol. The fourth-order valence-corrected chi connectivity index (χ4v) is 1.64. The number of carbonyl (C=O) groups is 1. The summed E-state index contributed by atoms with van der Waals surface area (Å²) in [5, 5.41) is 2.78. The zero-order chi connectivity index (χ0) is 14.2. The number of pyridine rings is 1. The van der Waals surface area contributed by atoms with Crippen molar-refractivity contribution in [3.05, 3.63) is 54.4 Å². The lowest BCUT2D eigenvalue weighted by Crippen LogP contribution is -2.29. The summed E-state index contributed by atoms with van der Waals surface area (Å²) >= 11 is 0. The van der Waals surface area contributed by atoms with Crippen LogP contribution in [0, 0.1) is 0 Å². The summed E-state index contributed by atoms with van der Waals surface area (Å²) in [5.41, 5.74) is 6.81. The van der Waals surface area contributed by atoms with Crippen molar-refractivity contribution >= 4 is 11.6 Å². The second kappa shape index (κ2) is 7.13. The number of para-hydroxylation sites is 1. The largest absolute Gasteiger partial charge is 0.492 e. The summed E-state index contributed by atoms with van der Waals surface area (Å²) in [6.45, 7) is 0.896. The van der Waals surface area contributed by atoms with E-state index < -0.39 is 0 Å². The fourth-order valence-electron chi connectivity index (χ4n) is 1.64. The third-order valence-electron chi connectivity index (χ3n) is 2.63. The summed E-state index contributed by atoms with van der Waals surface area (Å²) in [6.07, 6.45) is 1.78. The van der Waals surface area contributed by atoms with Crippen molar-refractivity contribution in [2.45, 2.75) is 6.42 Å². The average Bonchev–Trinajstić information content (AvgIpc) is 2.47. The van der Waals surface area contributed by atoms with Crippen LogP contribution in [-0.4, -0.2) is 24.0 Å². The minimum atomic E-state index is -0.0843. The number of anilines is 1. The van der Waals surface area contributed by atoms with Gasteiger partial charge in [0.25, 0.3) is 0 Å². The average molecular weight is 271 g/mol. The Bertz CT molecular complexity index is 541. The molecule has 0 saturated heterocycles. The number of nitrogen functional groups attached to an aromatic ring is 1. The van der Waals surface area contributed by atoms with Crippen LogP contribution in [0.25, 0.3) is 0 Å². The molecule has 0 radical (unpaired) electrons. The molecule has 0 aliphatic heterocycles. The van der Waals surface area contributed by atoms with E-state index in [1.165, 1.54) is 0 Å². The van der Waals surface area contributed by atoms with Gasteiger partial charge in [0, 0.05) is 5.69 Å². The van der Waals surface area contributed by atoms with Crippen LogP contribution >= 0.6 is 0 Å². The smallest absolute Gasteiger partial charge is 0.226 e. The van der Waals surface area contributed by atoms with Gasteiger partial charge in [-0.05, 0) is 24.3 Å². The second-order valence-corrected chi connectivity index (χ2v) is 4.27. The van der Waals surface area contributed by atoms with Crippen LogP contribution in [0.5, 0.6) is 5.75 Å². The summed E-state index contributed by atoms with van der Waals surface area (Å²) in [4.78, 5) is 15.7. The van der Waals surface area contributed by atoms with E-state index in [2.05, 4.69) is 10.3 Å². The third-order valence-corrected chi connectivity index (χ3v) is 2.63. The van der Waals surface area contributed by atoms with Crippen molar-refractivity contribution in [2.24, 2.45) is 0 Å². The van der Waals surface area contributed by atoms with E-state index in [1.807, 2.05) is 30.3 Å². The minimum absolute atomic E-state index is 0.0843. The van der Waals surface area contributed by atoms with Crippen molar-refractivity contribution in [2.75, 3.05) is 18.9 Å². The maximum absolute atomic E-state index is 11.7. The van der Waals surface area contributed by atoms with Gasteiger partial charge in [-0.2, -0.15) is 0 Å². The molecule has 2 aromatic rings. The highest BCUT2D eigenvalue weighted by molar-refractivity contribution is 5.78.